The van der Waals surface area contributed by atoms with Gasteiger partial charge in [0.2, 0.25) is 0 Å². The van der Waals surface area contributed by atoms with Crippen molar-refractivity contribution in [1.82, 2.24) is 0 Å². The molecule has 2 aromatic carbocycles. The van der Waals surface area contributed by atoms with Gasteiger partial charge in [0, 0.05) is 29.1 Å². The third-order valence-corrected chi connectivity index (χ3v) is 3.96. The molecule has 0 saturated carbocycles. The fourth-order valence-electron chi connectivity index (χ4n) is 2.52. The van der Waals surface area contributed by atoms with Crippen LogP contribution < -0.4 is 10.6 Å². The number of nitrogens with one attached hydrogen (secondary N) is 2. The average molecular weight is 409 g/mol. The van der Waals surface area contributed by atoms with Crippen molar-refractivity contribution in [3.05, 3.63) is 87.9 Å². The van der Waals surface area contributed by atoms with Gasteiger partial charge in [0.25, 0.3) is 17.5 Å². The number of carbonyl (C=O) groups is 3. The second kappa shape index (κ2) is 8.69. The standard InChI is InChI=1S/C20H15N3O7/c1-29-20(26)13-9-12(10-16(11-13)23(27)28)18(24)21-14-4-6-15(7-5-14)22-19(25)17-3-2-8-30-17/h2-11H,1H3,(H,21,24)(H,22,25). The van der Waals surface area contributed by atoms with Crippen LogP contribution >= 0.6 is 0 Å². The molecule has 0 aliphatic heterocycles. The number of hydrogen-bond donors (Lipinski definition) is 2. The Labute approximate surface area is 169 Å². The minimum atomic E-state index is -0.801. The Bertz CT molecular complexity index is 1110. The lowest BCUT2D eigenvalue weighted by Gasteiger charge is -2.08. The van der Waals surface area contributed by atoms with Gasteiger partial charge < -0.3 is 19.8 Å². The summed E-state index contributed by atoms with van der Waals surface area (Å²) < 4.78 is 9.57. The lowest BCUT2D eigenvalue weighted by molar-refractivity contribution is -0.384. The molecule has 0 bridgehead atoms. The number of amides is 2. The highest BCUT2D eigenvalue weighted by molar-refractivity contribution is 6.06. The highest BCUT2D eigenvalue weighted by atomic mass is 16.6. The minimum Gasteiger partial charge on any atom is -0.465 e. The topological polar surface area (TPSA) is 141 Å². The van der Waals surface area contributed by atoms with Crippen LogP contribution in [0.25, 0.3) is 0 Å². The zero-order valence-electron chi connectivity index (χ0n) is 15.6. The smallest absolute Gasteiger partial charge is 0.338 e. The van der Waals surface area contributed by atoms with E-state index in [1.165, 1.54) is 30.5 Å². The van der Waals surface area contributed by atoms with E-state index in [1.54, 1.807) is 18.2 Å². The van der Waals surface area contributed by atoms with Gasteiger partial charge in [0.15, 0.2) is 5.76 Å². The lowest BCUT2D eigenvalue weighted by Crippen LogP contribution is -2.14. The number of benzene rings is 2. The van der Waals surface area contributed by atoms with Gasteiger partial charge in [-0.15, -0.1) is 0 Å². The maximum atomic E-state index is 12.5. The second-order valence-corrected chi connectivity index (χ2v) is 5.98. The number of rotatable bonds is 6. The maximum absolute atomic E-state index is 12.5. The largest absolute Gasteiger partial charge is 0.465 e. The third-order valence-electron chi connectivity index (χ3n) is 3.96. The number of non-ortho nitro benzene ring substituents is 1. The monoisotopic (exact) mass is 409 g/mol. The highest BCUT2D eigenvalue weighted by Crippen LogP contribution is 2.20. The summed E-state index contributed by atoms with van der Waals surface area (Å²) in [6.45, 7) is 0. The lowest BCUT2D eigenvalue weighted by atomic mass is 10.1. The number of nitro benzene ring substituents is 1. The number of nitro groups is 1. The molecule has 0 aliphatic carbocycles. The molecule has 0 fully saturated rings. The van der Waals surface area contributed by atoms with Crippen molar-refractivity contribution in [2.24, 2.45) is 0 Å². The predicted molar refractivity (Wildman–Crippen MR) is 105 cm³/mol. The Kier molecular flexibility index (Phi) is 5.87. The molecule has 0 radical (unpaired) electrons. The molecule has 0 atom stereocenters. The van der Waals surface area contributed by atoms with Gasteiger partial charge in [0.1, 0.15) is 0 Å². The van der Waals surface area contributed by atoms with Gasteiger partial charge >= 0.3 is 5.97 Å². The fourth-order valence-corrected chi connectivity index (χ4v) is 2.52. The molecule has 3 rings (SSSR count). The normalized spacial score (nSPS) is 10.2. The summed E-state index contributed by atoms with van der Waals surface area (Å²) in [5.74, 6) is -1.73. The Morgan fingerprint density at radius 2 is 1.53 bits per heavy atom. The number of methoxy groups -OCH3 is 1. The average Bonchev–Trinajstić information content (AvgIpc) is 3.29. The number of esters is 1. The summed E-state index contributed by atoms with van der Waals surface area (Å²) in [7, 11) is 1.13. The molecule has 3 aromatic rings. The zero-order valence-corrected chi connectivity index (χ0v) is 15.6. The van der Waals surface area contributed by atoms with Crippen LogP contribution in [0.4, 0.5) is 17.1 Å². The molecule has 30 heavy (non-hydrogen) atoms. The van der Waals surface area contributed by atoms with E-state index in [4.69, 9.17) is 4.42 Å². The summed E-state index contributed by atoms with van der Waals surface area (Å²) in [5.41, 5.74) is 0.228. The van der Waals surface area contributed by atoms with Crippen LogP contribution in [0.2, 0.25) is 0 Å². The van der Waals surface area contributed by atoms with Gasteiger partial charge in [-0.25, -0.2) is 4.79 Å². The summed E-state index contributed by atoms with van der Waals surface area (Å²) in [6, 6.07) is 12.6. The Morgan fingerprint density at radius 3 is 2.07 bits per heavy atom. The summed E-state index contributed by atoms with van der Waals surface area (Å²) in [5, 5.41) is 16.3. The minimum absolute atomic E-state index is 0.0835. The fraction of sp³-hybridized carbons (Fsp3) is 0.0500. The van der Waals surface area contributed by atoms with Crippen molar-refractivity contribution in [2.75, 3.05) is 17.7 Å². The number of nitrogens with zero attached hydrogens (tertiary/aromatic N) is 1. The molecule has 0 spiro atoms. The van der Waals surface area contributed by atoms with E-state index in [0.29, 0.717) is 11.4 Å². The van der Waals surface area contributed by atoms with Gasteiger partial charge in [-0.1, -0.05) is 0 Å². The first kappa shape index (κ1) is 20.3. The Balaban J connectivity index is 1.74. The van der Waals surface area contributed by atoms with Crippen LogP contribution in [0.1, 0.15) is 31.3 Å². The van der Waals surface area contributed by atoms with E-state index in [0.717, 1.165) is 19.2 Å². The number of hydrogen-bond acceptors (Lipinski definition) is 7. The van der Waals surface area contributed by atoms with Crippen LogP contribution in [0, 0.1) is 10.1 Å². The van der Waals surface area contributed by atoms with Crippen molar-refractivity contribution in [3.8, 4) is 0 Å². The molecule has 0 aliphatic rings. The Hall–Kier alpha value is -4.47. The summed E-state index contributed by atoms with van der Waals surface area (Å²) >= 11 is 0. The van der Waals surface area contributed by atoms with Crippen LogP contribution in [0.3, 0.4) is 0 Å². The molecule has 2 amide bonds. The summed E-state index contributed by atoms with van der Waals surface area (Å²) in [4.78, 5) is 46.6. The SMILES string of the molecule is COC(=O)c1cc(C(=O)Nc2ccc(NC(=O)c3ccco3)cc2)cc([N+](=O)[O-])c1. The first-order valence-electron chi connectivity index (χ1n) is 8.51. The van der Waals surface area contributed by atoms with Crippen molar-refractivity contribution in [1.29, 1.82) is 0 Å². The third kappa shape index (κ3) is 4.68. The molecular formula is C20H15N3O7. The van der Waals surface area contributed by atoms with Gasteiger partial charge in [0.05, 0.1) is 23.9 Å². The molecule has 0 unspecified atom stereocenters. The van der Waals surface area contributed by atoms with Gasteiger partial charge in [-0.3, -0.25) is 19.7 Å². The van der Waals surface area contributed by atoms with Crippen molar-refractivity contribution >= 4 is 34.8 Å². The van der Waals surface area contributed by atoms with E-state index in [1.807, 2.05) is 0 Å². The van der Waals surface area contributed by atoms with Gasteiger partial charge in [-0.05, 0) is 42.5 Å². The van der Waals surface area contributed by atoms with Crippen molar-refractivity contribution < 1.29 is 28.5 Å². The second-order valence-electron chi connectivity index (χ2n) is 5.98. The molecule has 0 saturated heterocycles. The van der Waals surface area contributed by atoms with Crippen LogP contribution in [0.5, 0.6) is 0 Å². The van der Waals surface area contributed by atoms with E-state index in [2.05, 4.69) is 15.4 Å². The predicted octanol–water partition coefficient (Wildman–Crippen LogP) is 3.48. The Morgan fingerprint density at radius 1 is 0.933 bits per heavy atom. The quantitative estimate of drug-likeness (QED) is 0.361. The highest BCUT2D eigenvalue weighted by Gasteiger charge is 2.18. The maximum Gasteiger partial charge on any atom is 0.338 e. The molecule has 1 aromatic heterocycles. The van der Waals surface area contributed by atoms with E-state index < -0.39 is 28.4 Å². The van der Waals surface area contributed by atoms with E-state index in [9.17, 15) is 24.5 Å². The zero-order chi connectivity index (χ0) is 21.7. The number of ether oxygens (including phenoxy) is 1. The van der Waals surface area contributed by atoms with Crippen molar-refractivity contribution in [3.63, 3.8) is 0 Å². The molecule has 1 heterocycles. The van der Waals surface area contributed by atoms with Gasteiger partial charge in [-0.2, -0.15) is 0 Å². The van der Waals surface area contributed by atoms with Crippen LogP contribution in [0.15, 0.2) is 65.3 Å². The number of anilines is 2. The van der Waals surface area contributed by atoms with E-state index >= 15 is 0 Å². The first-order valence-corrected chi connectivity index (χ1v) is 8.51. The molecule has 10 heteroatoms. The van der Waals surface area contributed by atoms with E-state index in [-0.39, 0.29) is 16.9 Å². The molecule has 152 valence electrons. The molecule has 2 N–H and O–H groups in total. The molecule has 10 nitrogen and oxygen atoms in total. The number of carbonyl (C=O) groups excluding carboxylic acids is 3. The van der Waals surface area contributed by atoms with Crippen LogP contribution in [-0.4, -0.2) is 29.8 Å². The number of furan rings is 1. The summed E-state index contributed by atoms with van der Waals surface area (Å²) in [6.07, 6.45) is 1.38. The molecular weight excluding hydrogens is 394 g/mol. The van der Waals surface area contributed by atoms with Crippen LogP contribution in [-0.2, 0) is 4.74 Å². The first-order chi connectivity index (χ1) is 14.4. The van der Waals surface area contributed by atoms with Crippen molar-refractivity contribution in [2.45, 2.75) is 0 Å².